The summed E-state index contributed by atoms with van der Waals surface area (Å²) < 4.78 is 5.20. The molecule has 8 nitrogen and oxygen atoms in total. The van der Waals surface area contributed by atoms with Gasteiger partial charge in [0.15, 0.2) is 6.61 Å². The van der Waals surface area contributed by atoms with E-state index in [1.54, 1.807) is 25.3 Å². The zero-order valence-corrected chi connectivity index (χ0v) is 13.5. The van der Waals surface area contributed by atoms with Crippen molar-refractivity contribution in [3.8, 4) is 5.75 Å². The predicted octanol–water partition coefficient (Wildman–Crippen LogP) is 2.27. The molecule has 8 heteroatoms. The molecular formula is C17H17N3O5. The Bertz CT molecular complexity index is 776. The van der Waals surface area contributed by atoms with Crippen LogP contribution in [0.3, 0.4) is 0 Å². The number of methoxy groups -OCH3 is 1. The lowest BCUT2D eigenvalue weighted by atomic mass is 10.2. The lowest BCUT2D eigenvalue weighted by molar-refractivity contribution is -0.384. The number of para-hydroxylation sites is 1. The van der Waals surface area contributed by atoms with Crippen LogP contribution in [0.2, 0.25) is 0 Å². The summed E-state index contributed by atoms with van der Waals surface area (Å²) in [5, 5.41) is 17.0. The second-order valence-corrected chi connectivity index (χ2v) is 4.95. The van der Waals surface area contributed by atoms with Gasteiger partial charge >= 0.3 is 0 Å². The second kappa shape index (κ2) is 9.02. The zero-order valence-electron chi connectivity index (χ0n) is 13.5. The summed E-state index contributed by atoms with van der Waals surface area (Å²) in [5.41, 5.74) is 1.31. The van der Waals surface area contributed by atoms with Crippen LogP contribution in [0.15, 0.2) is 53.7 Å². The minimum atomic E-state index is -0.497. The third-order valence-electron chi connectivity index (χ3n) is 3.22. The summed E-state index contributed by atoms with van der Waals surface area (Å²) >= 11 is 0. The topological polar surface area (TPSA) is 103 Å². The maximum Gasteiger partial charge on any atom is 0.270 e. The number of hydrogen-bond donors (Lipinski definition) is 1. The zero-order chi connectivity index (χ0) is 18.1. The predicted molar refractivity (Wildman–Crippen MR) is 91.5 cm³/mol. The van der Waals surface area contributed by atoms with Gasteiger partial charge in [-0.25, -0.2) is 0 Å². The number of nitro benzene ring substituents is 1. The van der Waals surface area contributed by atoms with Crippen molar-refractivity contribution in [2.24, 2.45) is 5.16 Å². The van der Waals surface area contributed by atoms with Gasteiger partial charge in [-0.3, -0.25) is 14.9 Å². The fourth-order valence-electron chi connectivity index (χ4n) is 2.01. The van der Waals surface area contributed by atoms with Crippen LogP contribution in [0.4, 0.5) is 5.69 Å². The Morgan fingerprint density at radius 3 is 2.84 bits per heavy atom. The van der Waals surface area contributed by atoms with Gasteiger partial charge in [-0.05, 0) is 6.07 Å². The molecule has 0 spiro atoms. The van der Waals surface area contributed by atoms with E-state index in [1.807, 2.05) is 18.2 Å². The first-order chi connectivity index (χ1) is 12.1. The number of nitro groups is 1. The summed E-state index contributed by atoms with van der Waals surface area (Å²) in [4.78, 5) is 26.8. The summed E-state index contributed by atoms with van der Waals surface area (Å²) in [6, 6.07) is 13.3. The molecule has 0 fully saturated rings. The van der Waals surface area contributed by atoms with Gasteiger partial charge in [-0.2, -0.15) is 0 Å². The Labute approximate surface area is 144 Å². The second-order valence-electron chi connectivity index (χ2n) is 4.95. The number of hydrogen-bond acceptors (Lipinski definition) is 6. The molecule has 2 aromatic rings. The molecule has 2 rings (SSSR count). The quantitative estimate of drug-likeness (QED) is 0.450. The van der Waals surface area contributed by atoms with E-state index in [4.69, 9.17) is 9.57 Å². The molecular weight excluding hydrogens is 326 g/mol. The van der Waals surface area contributed by atoms with E-state index in [9.17, 15) is 14.9 Å². The van der Waals surface area contributed by atoms with E-state index in [-0.39, 0.29) is 18.2 Å². The van der Waals surface area contributed by atoms with E-state index in [1.165, 1.54) is 18.3 Å². The lowest BCUT2D eigenvalue weighted by Crippen LogP contribution is -2.26. The van der Waals surface area contributed by atoms with Crippen molar-refractivity contribution in [1.29, 1.82) is 0 Å². The number of nitrogens with zero attached hydrogens (tertiary/aromatic N) is 2. The highest BCUT2D eigenvalue weighted by atomic mass is 16.6. The maximum absolute atomic E-state index is 11.7. The molecule has 0 aliphatic rings. The third kappa shape index (κ3) is 5.61. The number of carbonyl (C=O) groups excluding carboxylic acids is 1. The number of non-ortho nitro benzene ring substituents is 1. The molecule has 130 valence electrons. The molecule has 0 aliphatic heterocycles. The van der Waals surface area contributed by atoms with E-state index in [0.29, 0.717) is 17.9 Å². The highest BCUT2D eigenvalue weighted by Crippen LogP contribution is 2.16. The minimum Gasteiger partial charge on any atom is -0.496 e. The Morgan fingerprint density at radius 2 is 2.08 bits per heavy atom. The normalized spacial score (nSPS) is 10.4. The SMILES string of the molecule is COc1ccccc1CNC(=O)CO/N=C/c1cccc([N+](=O)[O-])c1. The Morgan fingerprint density at radius 1 is 1.28 bits per heavy atom. The highest BCUT2D eigenvalue weighted by molar-refractivity contribution is 5.80. The number of rotatable bonds is 8. The van der Waals surface area contributed by atoms with E-state index >= 15 is 0 Å². The smallest absolute Gasteiger partial charge is 0.270 e. The van der Waals surface area contributed by atoms with Crippen LogP contribution in [-0.4, -0.2) is 30.8 Å². The van der Waals surface area contributed by atoms with Gasteiger partial charge in [-0.15, -0.1) is 0 Å². The largest absolute Gasteiger partial charge is 0.496 e. The lowest BCUT2D eigenvalue weighted by Gasteiger charge is -2.08. The number of oxime groups is 1. The van der Waals surface area contributed by atoms with Crippen molar-refractivity contribution >= 4 is 17.8 Å². The fourth-order valence-corrected chi connectivity index (χ4v) is 2.01. The van der Waals surface area contributed by atoms with Gasteiger partial charge < -0.3 is 14.9 Å². The molecule has 0 unspecified atom stereocenters. The molecule has 0 aliphatic carbocycles. The van der Waals surface area contributed by atoms with Gasteiger partial charge in [0.05, 0.1) is 18.2 Å². The first-order valence-corrected chi connectivity index (χ1v) is 7.38. The van der Waals surface area contributed by atoms with Gasteiger partial charge in [0, 0.05) is 29.8 Å². The Hall–Kier alpha value is -3.42. The molecule has 25 heavy (non-hydrogen) atoms. The van der Waals surface area contributed by atoms with Crippen molar-refractivity contribution in [3.63, 3.8) is 0 Å². The maximum atomic E-state index is 11.7. The van der Waals surface area contributed by atoms with Gasteiger partial charge in [0.2, 0.25) is 0 Å². The number of benzene rings is 2. The van der Waals surface area contributed by atoms with Crippen LogP contribution >= 0.6 is 0 Å². The first-order valence-electron chi connectivity index (χ1n) is 7.38. The monoisotopic (exact) mass is 343 g/mol. The standard InChI is InChI=1S/C17H17N3O5/c1-24-16-8-3-2-6-14(16)11-18-17(21)12-25-19-10-13-5-4-7-15(9-13)20(22)23/h2-10H,11-12H2,1H3,(H,18,21)/b19-10+. The molecule has 0 saturated carbocycles. The fraction of sp³-hybridized carbons (Fsp3) is 0.176. The number of carbonyl (C=O) groups is 1. The number of ether oxygens (including phenoxy) is 1. The van der Waals surface area contributed by atoms with E-state index < -0.39 is 4.92 Å². The van der Waals surface area contributed by atoms with Crippen LogP contribution in [0.1, 0.15) is 11.1 Å². The number of amides is 1. The summed E-state index contributed by atoms with van der Waals surface area (Å²) in [5.74, 6) is 0.342. The third-order valence-corrected chi connectivity index (χ3v) is 3.22. The highest BCUT2D eigenvalue weighted by Gasteiger charge is 2.06. The summed E-state index contributed by atoms with van der Waals surface area (Å²) in [6.45, 7) is 0.0430. The molecule has 2 aromatic carbocycles. The average molecular weight is 343 g/mol. The molecule has 0 atom stereocenters. The van der Waals surface area contributed by atoms with E-state index in [2.05, 4.69) is 10.5 Å². The van der Waals surface area contributed by atoms with Crippen LogP contribution in [-0.2, 0) is 16.2 Å². The first kappa shape index (κ1) is 17.9. The van der Waals surface area contributed by atoms with Crippen molar-refractivity contribution in [2.45, 2.75) is 6.54 Å². The Kier molecular flexibility index (Phi) is 6.47. The van der Waals surface area contributed by atoms with E-state index in [0.717, 1.165) is 5.56 Å². The van der Waals surface area contributed by atoms with Crippen molar-refractivity contribution in [3.05, 3.63) is 69.8 Å². The summed E-state index contributed by atoms with van der Waals surface area (Å²) in [7, 11) is 1.56. The van der Waals surface area contributed by atoms with Gasteiger partial charge in [-0.1, -0.05) is 35.5 Å². The molecule has 0 saturated heterocycles. The van der Waals surface area contributed by atoms with Gasteiger partial charge in [0.25, 0.3) is 11.6 Å². The molecule has 0 aromatic heterocycles. The van der Waals surface area contributed by atoms with Crippen molar-refractivity contribution < 1.29 is 19.3 Å². The average Bonchev–Trinajstić information content (AvgIpc) is 2.64. The number of nitrogens with one attached hydrogen (secondary N) is 1. The molecule has 0 radical (unpaired) electrons. The molecule has 0 bridgehead atoms. The molecule has 1 amide bonds. The minimum absolute atomic E-state index is 0.0431. The van der Waals surface area contributed by atoms with Gasteiger partial charge in [0.1, 0.15) is 5.75 Å². The molecule has 0 heterocycles. The van der Waals surface area contributed by atoms with Crippen LogP contribution in [0.25, 0.3) is 0 Å². The van der Waals surface area contributed by atoms with Crippen LogP contribution in [0.5, 0.6) is 5.75 Å². The Balaban J connectivity index is 1.78. The summed E-state index contributed by atoms with van der Waals surface area (Å²) in [6.07, 6.45) is 1.31. The van der Waals surface area contributed by atoms with Crippen LogP contribution in [0, 0.1) is 10.1 Å². The van der Waals surface area contributed by atoms with Crippen molar-refractivity contribution in [1.82, 2.24) is 5.32 Å². The molecule has 1 N–H and O–H groups in total. The van der Waals surface area contributed by atoms with Crippen LogP contribution < -0.4 is 10.1 Å². The van der Waals surface area contributed by atoms with Crippen molar-refractivity contribution in [2.75, 3.05) is 13.7 Å².